The summed E-state index contributed by atoms with van der Waals surface area (Å²) in [4.78, 5) is 16.5. The van der Waals surface area contributed by atoms with Gasteiger partial charge < -0.3 is 10.1 Å². The number of esters is 1. The van der Waals surface area contributed by atoms with Crippen LogP contribution in [0.15, 0.2) is 28.6 Å². The van der Waals surface area contributed by atoms with E-state index in [0.29, 0.717) is 12.4 Å². The average Bonchev–Trinajstić information content (AvgIpc) is 2.88. The maximum absolute atomic E-state index is 12.0. The van der Waals surface area contributed by atoms with Crippen molar-refractivity contribution in [3.05, 3.63) is 24.3 Å². The van der Waals surface area contributed by atoms with Gasteiger partial charge in [-0.2, -0.15) is 0 Å². The van der Waals surface area contributed by atoms with Gasteiger partial charge in [-0.05, 0) is 33.0 Å². The topological polar surface area (TPSA) is 51.2 Å². The van der Waals surface area contributed by atoms with Crippen molar-refractivity contribution in [2.24, 2.45) is 0 Å². The maximum Gasteiger partial charge on any atom is 0.326 e. The van der Waals surface area contributed by atoms with Gasteiger partial charge in [-0.1, -0.05) is 23.9 Å². The summed E-state index contributed by atoms with van der Waals surface area (Å²) in [6.45, 7) is 4.06. The third kappa shape index (κ3) is 3.31. The Morgan fingerprint density at radius 1 is 1.50 bits per heavy atom. The van der Waals surface area contributed by atoms with E-state index in [1.165, 1.54) is 0 Å². The van der Waals surface area contributed by atoms with Crippen molar-refractivity contribution in [1.29, 1.82) is 0 Å². The standard InChI is InChI=1S/C14H18N2O2S2/c1-4-18-12(17)14(2,15-3)9-19-13-16-10-7-5-6-8-11(10)20-13/h5-8,15H,4,9H2,1-3H3. The molecule has 1 unspecified atom stereocenters. The number of hydrogen-bond donors (Lipinski definition) is 1. The third-order valence-corrected chi connectivity index (χ3v) is 5.53. The average molecular weight is 310 g/mol. The number of thiazole rings is 1. The first kappa shape index (κ1) is 15.3. The molecule has 0 aliphatic rings. The van der Waals surface area contributed by atoms with Crippen LogP contribution in [0, 0.1) is 0 Å². The van der Waals surface area contributed by atoms with Crippen LogP contribution in [0.2, 0.25) is 0 Å². The van der Waals surface area contributed by atoms with Crippen molar-refractivity contribution in [2.45, 2.75) is 23.7 Å². The van der Waals surface area contributed by atoms with Crippen molar-refractivity contribution in [3.8, 4) is 0 Å². The number of hydrogen-bond acceptors (Lipinski definition) is 6. The van der Waals surface area contributed by atoms with E-state index >= 15 is 0 Å². The lowest BCUT2D eigenvalue weighted by Gasteiger charge is -2.25. The molecule has 0 bridgehead atoms. The fourth-order valence-corrected chi connectivity index (χ4v) is 3.86. The molecular formula is C14H18N2O2S2. The molecule has 108 valence electrons. The van der Waals surface area contributed by atoms with Gasteiger partial charge in [0.1, 0.15) is 5.54 Å². The second kappa shape index (κ2) is 6.56. The van der Waals surface area contributed by atoms with Crippen LogP contribution < -0.4 is 5.32 Å². The monoisotopic (exact) mass is 310 g/mol. The van der Waals surface area contributed by atoms with E-state index in [4.69, 9.17) is 4.74 Å². The number of para-hydroxylation sites is 1. The number of thioether (sulfide) groups is 1. The van der Waals surface area contributed by atoms with Gasteiger partial charge in [-0.25, -0.2) is 4.98 Å². The quantitative estimate of drug-likeness (QED) is 0.657. The highest BCUT2D eigenvalue weighted by molar-refractivity contribution is 8.01. The number of ether oxygens (including phenoxy) is 1. The summed E-state index contributed by atoms with van der Waals surface area (Å²) in [5.41, 5.74) is 0.306. The molecule has 0 radical (unpaired) electrons. The van der Waals surface area contributed by atoms with Crippen LogP contribution in [0.25, 0.3) is 10.2 Å². The first-order valence-electron chi connectivity index (χ1n) is 6.43. The molecule has 0 spiro atoms. The molecule has 0 saturated heterocycles. The summed E-state index contributed by atoms with van der Waals surface area (Å²) < 4.78 is 7.25. The molecule has 1 atom stereocenters. The fourth-order valence-electron chi connectivity index (χ4n) is 1.64. The molecule has 20 heavy (non-hydrogen) atoms. The summed E-state index contributed by atoms with van der Waals surface area (Å²) in [5, 5.41) is 3.05. The molecule has 2 rings (SSSR count). The zero-order valence-electron chi connectivity index (χ0n) is 11.8. The number of aromatic nitrogens is 1. The molecule has 1 aromatic heterocycles. The van der Waals surface area contributed by atoms with Gasteiger partial charge in [0.05, 0.1) is 16.8 Å². The summed E-state index contributed by atoms with van der Waals surface area (Å²) in [5.74, 6) is 0.360. The predicted octanol–water partition coefficient (Wildman–Crippen LogP) is 2.93. The Hall–Kier alpha value is -1.11. The zero-order chi connectivity index (χ0) is 14.6. The van der Waals surface area contributed by atoms with E-state index in [2.05, 4.69) is 16.4 Å². The number of nitrogens with zero attached hydrogens (tertiary/aromatic N) is 1. The summed E-state index contributed by atoms with van der Waals surface area (Å²) >= 11 is 3.22. The Kier molecular flexibility index (Phi) is 5.01. The van der Waals surface area contributed by atoms with Crippen molar-refractivity contribution >= 4 is 39.3 Å². The molecule has 4 nitrogen and oxygen atoms in total. The first-order chi connectivity index (χ1) is 9.59. The van der Waals surface area contributed by atoms with Crippen molar-refractivity contribution < 1.29 is 9.53 Å². The van der Waals surface area contributed by atoms with Gasteiger partial charge in [0.25, 0.3) is 0 Å². The maximum atomic E-state index is 12.0. The smallest absolute Gasteiger partial charge is 0.326 e. The molecule has 1 heterocycles. The number of benzene rings is 1. The van der Waals surface area contributed by atoms with Crippen LogP contribution in [0.5, 0.6) is 0 Å². The number of carbonyl (C=O) groups excluding carboxylic acids is 1. The number of rotatable bonds is 6. The van der Waals surface area contributed by atoms with Gasteiger partial charge in [0.15, 0.2) is 4.34 Å². The molecule has 6 heteroatoms. The van der Waals surface area contributed by atoms with Gasteiger partial charge in [0, 0.05) is 5.75 Å². The molecule has 2 aromatic rings. The molecule has 1 aromatic carbocycles. The van der Waals surface area contributed by atoms with E-state index in [9.17, 15) is 4.79 Å². The Bertz CT molecular complexity index is 567. The molecule has 0 fully saturated rings. The van der Waals surface area contributed by atoms with Crippen molar-refractivity contribution in [3.63, 3.8) is 0 Å². The second-order valence-electron chi connectivity index (χ2n) is 4.54. The molecule has 0 saturated carbocycles. The first-order valence-corrected chi connectivity index (χ1v) is 8.24. The minimum atomic E-state index is -0.696. The summed E-state index contributed by atoms with van der Waals surface area (Å²) in [7, 11) is 1.77. The summed E-state index contributed by atoms with van der Waals surface area (Å²) in [6.07, 6.45) is 0. The van der Waals surface area contributed by atoms with Gasteiger partial charge >= 0.3 is 5.97 Å². The molecule has 0 amide bonds. The van der Waals surface area contributed by atoms with Gasteiger partial charge in [0.2, 0.25) is 0 Å². The lowest BCUT2D eigenvalue weighted by atomic mass is 10.1. The number of likely N-dealkylation sites (N-methyl/N-ethyl adjacent to an activating group) is 1. The number of fused-ring (bicyclic) bond motifs is 1. The highest BCUT2D eigenvalue weighted by Gasteiger charge is 2.33. The van der Waals surface area contributed by atoms with E-state index in [1.807, 2.05) is 32.0 Å². The minimum absolute atomic E-state index is 0.226. The highest BCUT2D eigenvalue weighted by Crippen LogP contribution is 2.31. The SMILES string of the molecule is CCOC(=O)C(C)(CSc1nc2ccccc2s1)NC. The van der Waals surface area contributed by atoms with Crippen molar-refractivity contribution in [1.82, 2.24) is 10.3 Å². The van der Waals surface area contributed by atoms with Crippen LogP contribution in [-0.4, -0.2) is 35.9 Å². The fraction of sp³-hybridized carbons (Fsp3) is 0.429. The van der Waals surface area contributed by atoms with E-state index < -0.39 is 5.54 Å². The van der Waals surface area contributed by atoms with E-state index in [-0.39, 0.29) is 5.97 Å². The Balaban J connectivity index is 2.07. The van der Waals surface area contributed by atoms with Crippen LogP contribution in [0.1, 0.15) is 13.8 Å². The summed E-state index contributed by atoms with van der Waals surface area (Å²) in [6, 6.07) is 8.04. The van der Waals surface area contributed by atoms with Gasteiger partial charge in [-0.15, -0.1) is 11.3 Å². The Morgan fingerprint density at radius 3 is 2.90 bits per heavy atom. The minimum Gasteiger partial charge on any atom is -0.465 e. The third-order valence-electron chi connectivity index (χ3n) is 3.04. The molecule has 0 aliphatic carbocycles. The zero-order valence-corrected chi connectivity index (χ0v) is 13.4. The van der Waals surface area contributed by atoms with E-state index in [1.54, 1.807) is 30.1 Å². The highest BCUT2D eigenvalue weighted by atomic mass is 32.2. The molecule has 1 N–H and O–H groups in total. The Labute approximate surface area is 126 Å². The molecular weight excluding hydrogens is 292 g/mol. The second-order valence-corrected chi connectivity index (χ2v) is 6.79. The lowest BCUT2D eigenvalue weighted by molar-refractivity contribution is -0.149. The van der Waals surface area contributed by atoms with Crippen molar-refractivity contribution in [2.75, 3.05) is 19.4 Å². The van der Waals surface area contributed by atoms with Crippen LogP contribution in [0.4, 0.5) is 0 Å². The van der Waals surface area contributed by atoms with Crippen LogP contribution in [0.3, 0.4) is 0 Å². The van der Waals surface area contributed by atoms with Gasteiger partial charge in [-0.3, -0.25) is 4.79 Å². The number of carbonyl (C=O) groups is 1. The van der Waals surface area contributed by atoms with Crippen LogP contribution >= 0.6 is 23.1 Å². The lowest BCUT2D eigenvalue weighted by Crippen LogP contribution is -2.50. The molecule has 0 aliphatic heterocycles. The Morgan fingerprint density at radius 2 is 2.25 bits per heavy atom. The van der Waals surface area contributed by atoms with E-state index in [0.717, 1.165) is 14.6 Å². The predicted molar refractivity (Wildman–Crippen MR) is 84.4 cm³/mol. The normalized spacial score (nSPS) is 14.2. The largest absolute Gasteiger partial charge is 0.465 e. The number of nitrogens with one attached hydrogen (secondary N) is 1. The van der Waals surface area contributed by atoms with Crippen LogP contribution in [-0.2, 0) is 9.53 Å².